The first kappa shape index (κ1) is 19.7. The van der Waals surface area contributed by atoms with E-state index in [2.05, 4.69) is 19.9 Å². The Bertz CT molecular complexity index is 202. The van der Waals surface area contributed by atoms with Crippen LogP contribution in [0.15, 0.2) is 11.6 Å². The van der Waals surface area contributed by atoms with Crippen LogP contribution in [0.2, 0.25) is 0 Å². The van der Waals surface area contributed by atoms with Gasteiger partial charge < -0.3 is 5.73 Å². The van der Waals surface area contributed by atoms with Crippen molar-refractivity contribution in [2.75, 3.05) is 6.54 Å². The summed E-state index contributed by atoms with van der Waals surface area (Å²) >= 11 is 0. The van der Waals surface area contributed by atoms with Crippen molar-refractivity contribution >= 4 is 0 Å². The number of allylic oxidation sites excluding steroid dienone is 2. The molecule has 0 spiro atoms. The first-order chi connectivity index (χ1) is 9.85. The second-order valence-electron chi connectivity index (χ2n) is 6.04. The van der Waals surface area contributed by atoms with Gasteiger partial charge in [-0.15, -0.1) is 0 Å². The molecule has 1 heteroatoms. The van der Waals surface area contributed by atoms with E-state index in [1.165, 1.54) is 89.9 Å². The van der Waals surface area contributed by atoms with Crippen molar-refractivity contribution in [3.63, 3.8) is 0 Å². The van der Waals surface area contributed by atoms with Crippen molar-refractivity contribution in [2.45, 2.75) is 104 Å². The number of nitrogens with two attached hydrogens (primary N) is 1. The summed E-state index contributed by atoms with van der Waals surface area (Å²) in [5, 5.41) is 0. The molecule has 0 saturated carbocycles. The summed E-state index contributed by atoms with van der Waals surface area (Å²) < 4.78 is 0. The van der Waals surface area contributed by atoms with Gasteiger partial charge in [-0.2, -0.15) is 0 Å². The van der Waals surface area contributed by atoms with E-state index in [1.54, 1.807) is 5.57 Å². The third-order valence-corrected chi connectivity index (χ3v) is 4.25. The average molecular weight is 282 g/mol. The van der Waals surface area contributed by atoms with Crippen LogP contribution in [-0.4, -0.2) is 6.54 Å². The Morgan fingerprint density at radius 2 is 1.05 bits per heavy atom. The maximum absolute atomic E-state index is 5.49. The molecule has 0 aliphatic carbocycles. The van der Waals surface area contributed by atoms with Gasteiger partial charge in [0.25, 0.3) is 0 Å². The third-order valence-electron chi connectivity index (χ3n) is 4.25. The molecule has 0 bridgehead atoms. The van der Waals surface area contributed by atoms with Crippen molar-refractivity contribution in [2.24, 2.45) is 5.73 Å². The Morgan fingerprint density at radius 3 is 1.45 bits per heavy atom. The topological polar surface area (TPSA) is 26.0 Å². The monoisotopic (exact) mass is 281 g/mol. The van der Waals surface area contributed by atoms with E-state index in [9.17, 15) is 0 Å². The molecule has 0 aromatic rings. The Labute approximate surface area is 128 Å². The van der Waals surface area contributed by atoms with Crippen LogP contribution in [0, 0.1) is 0 Å². The molecule has 0 aliphatic heterocycles. The summed E-state index contributed by atoms with van der Waals surface area (Å²) in [6.07, 6.45) is 21.6. The first-order valence-corrected chi connectivity index (χ1v) is 9.23. The smallest absolute Gasteiger partial charge is 0.00773 e. The molecule has 0 saturated heterocycles. The highest BCUT2D eigenvalue weighted by atomic mass is 14.5. The van der Waals surface area contributed by atoms with Gasteiger partial charge in [0, 0.05) is 0 Å². The Hall–Kier alpha value is -0.300. The maximum atomic E-state index is 5.49. The normalized spacial score (nSPS) is 10.8. The van der Waals surface area contributed by atoms with Gasteiger partial charge in [0.2, 0.25) is 0 Å². The fourth-order valence-electron chi connectivity index (χ4n) is 2.72. The van der Waals surface area contributed by atoms with Crippen molar-refractivity contribution in [3.8, 4) is 0 Å². The van der Waals surface area contributed by atoms with Gasteiger partial charge >= 0.3 is 0 Å². The lowest BCUT2D eigenvalue weighted by Crippen LogP contribution is -1.97. The highest BCUT2D eigenvalue weighted by molar-refractivity contribution is 4.99. The zero-order valence-electron chi connectivity index (χ0n) is 14.3. The first-order valence-electron chi connectivity index (χ1n) is 9.23. The molecule has 0 amide bonds. The molecule has 1 nitrogen and oxygen atoms in total. The lowest BCUT2D eigenvalue weighted by atomic mass is 10.0. The van der Waals surface area contributed by atoms with Crippen LogP contribution in [0.25, 0.3) is 0 Å². The van der Waals surface area contributed by atoms with E-state index >= 15 is 0 Å². The molecule has 0 aromatic heterocycles. The van der Waals surface area contributed by atoms with Crippen molar-refractivity contribution < 1.29 is 0 Å². The van der Waals surface area contributed by atoms with Crippen LogP contribution in [0.1, 0.15) is 104 Å². The van der Waals surface area contributed by atoms with Crippen LogP contribution in [-0.2, 0) is 0 Å². The highest BCUT2D eigenvalue weighted by Gasteiger charge is 1.94. The van der Waals surface area contributed by atoms with Crippen molar-refractivity contribution in [1.29, 1.82) is 0 Å². The summed E-state index contributed by atoms with van der Waals surface area (Å²) in [4.78, 5) is 0. The Balaban J connectivity index is 3.11. The van der Waals surface area contributed by atoms with E-state index < -0.39 is 0 Å². The molecule has 20 heavy (non-hydrogen) atoms. The molecule has 0 atom stereocenters. The minimum atomic E-state index is 0.868. The third kappa shape index (κ3) is 14.1. The van der Waals surface area contributed by atoms with Crippen LogP contribution in [0.3, 0.4) is 0 Å². The molecule has 0 rings (SSSR count). The summed E-state index contributed by atoms with van der Waals surface area (Å²) in [5.41, 5.74) is 7.13. The van der Waals surface area contributed by atoms with Gasteiger partial charge in [-0.3, -0.25) is 0 Å². The zero-order valence-corrected chi connectivity index (χ0v) is 14.3. The van der Waals surface area contributed by atoms with Crippen molar-refractivity contribution in [1.82, 2.24) is 0 Å². The average Bonchev–Trinajstić information content (AvgIpc) is 2.48. The summed E-state index contributed by atoms with van der Waals surface area (Å²) in [6.45, 7) is 5.41. The van der Waals surface area contributed by atoms with Gasteiger partial charge in [-0.1, -0.05) is 83.3 Å². The fraction of sp³-hybridized carbons (Fsp3) is 0.895. The van der Waals surface area contributed by atoms with Gasteiger partial charge in [0.1, 0.15) is 0 Å². The van der Waals surface area contributed by atoms with Crippen LogP contribution in [0.4, 0.5) is 0 Å². The van der Waals surface area contributed by atoms with E-state index in [0.29, 0.717) is 0 Å². The predicted octanol–water partition coefficient (Wildman–Crippen LogP) is 6.37. The van der Waals surface area contributed by atoms with Gasteiger partial charge in [-0.25, -0.2) is 0 Å². The molecule has 0 fully saturated rings. The quantitative estimate of drug-likeness (QED) is 0.274. The molecule has 0 aromatic carbocycles. The van der Waals surface area contributed by atoms with Crippen LogP contribution < -0.4 is 5.73 Å². The van der Waals surface area contributed by atoms with E-state index in [1.807, 2.05) is 0 Å². The summed E-state index contributed by atoms with van der Waals surface area (Å²) in [7, 11) is 0. The minimum absolute atomic E-state index is 0.868. The zero-order chi connectivity index (χ0) is 14.9. The van der Waals surface area contributed by atoms with Crippen LogP contribution >= 0.6 is 0 Å². The van der Waals surface area contributed by atoms with E-state index in [0.717, 1.165) is 6.54 Å². The Kier molecular flexibility index (Phi) is 16.5. The maximum Gasteiger partial charge on any atom is -0.00773 e. The summed E-state index contributed by atoms with van der Waals surface area (Å²) in [5.74, 6) is 0. The van der Waals surface area contributed by atoms with Gasteiger partial charge in [-0.05, 0) is 38.6 Å². The second-order valence-corrected chi connectivity index (χ2v) is 6.04. The number of hydrogen-bond donors (Lipinski definition) is 1. The lowest BCUT2D eigenvalue weighted by Gasteiger charge is -2.03. The lowest BCUT2D eigenvalue weighted by molar-refractivity contribution is 0.547. The second kappa shape index (κ2) is 16.8. The molecule has 0 radical (unpaired) electrons. The molecule has 2 N–H and O–H groups in total. The SMILES string of the molecule is CCC(=CCCCCCCCCCCCCCN)CC. The minimum Gasteiger partial charge on any atom is -0.330 e. The highest BCUT2D eigenvalue weighted by Crippen LogP contribution is 2.13. The molecule has 120 valence electrons. The molecule has 0 aliphatic rings. The number of rotatable bonds is 15. The molecule has 0 heterocycles. The Morgan fingerprint density at radius 1 is 0.650 bits per heavy atom. The van der Waals surface area contributed by atoms with Gasteiger partial charge in [0.15, 0.2) is 0 Å². The number of unbranched alkanes of at least 4 members (excludes halogenated alkanes) is 11. The van der Waals surface area contributed by atoms with E-state index in [4.69, 9.17) is 5.73 Å². The predicted molar refractivity (Wildman–Crippen MR) is 93.1 cm³/mol. The standard InChI is InChI=1S/C19H39N/c1-3-19(4-2)17-15-13-11-9-7-5-6-8-10-12-14-16-18-20/h17H,3-16,18,20H2,1-2H3. The fourth-order valence-corrected chi connectivity index (χ4v) is 2.72. The van der Waals surface area contributed by atoms with Crippen LogP contribution in [0.5, 0.6) is 0 Å². The number of hydrogen-bond acceptors (Lipinski definition) is 1. The molecular formula is C19H39N. The van der Waals surface area contributed by atoms with Gasteiger partial charge in [0.05, 0.1) is 0 Å². The summed E-state index contributed by atoms with van der Waals surface area (Å²) in [6, 6.07) is 0. The van der Waals surface area contributed by atoms with E-state index in [-0.39, 0.29) is 0 Å². The van der Waals surface area contributed by atoms with Crippen molar-refractivity contribution in [3.05, 3.63) is 11.6 Å². The largest absolute Gasteiger partial charge is 0.330 e. The molecular weight excluding hydrogens is 242 g/mol. The molecule has 0 unspecified atom stereocenters.